The van der Waals surface area contributed by atoms with Gasteiger partial charge in [0.05, 0.1) is 5.69 Å². The Morgan fingerprint density at radius 2 is 2.06 bits per heavy atom. The highest BCUT2D eigenvalue weighted by Gasteiger charge is 2.25. The van der Waals surface area contributed by atoms with E-state index in [1.807, 2.05) is 7.05 Å². The second-order valence-corrected chi connectivity index (χ2v) is 3.94. The van der Waals surface area contributed by atoms with Crippen molar-refractivity contribution in [2.45, 2.75) is 12.5 Å². The first-order valence-electron chi connectivity index (χ1n) is 5.18. The van der Waals surface area contributed by atoms with E-state index in [4.69, 9.17) is 0 Å². The lowest BCUT2D eigenvalue weighted by Gasteiger charge is -2.19. The van der Waals surface area contributed by atoms with Crippen molar-refractivity contribution in [1.29, 1.82) is 0 Å². The fraction of sp³-hybridized carbons (Fsp3) is 0.455. The molecule has 0 bridgehead atoms. The predicted molar refractivity (Wildman–Crippen MR) is 56.0 cm³/mol. The molecule has 0 radical (unpaired) electrons. The van der Waals surface area contributed by atoms with E-state index in [1.165, 1.54) is 0 Å². The zero-order valence-electron chi connectivity index (χ0n) is 8.93. The van der Waals surface area contributed by atoms with E-state index in [2.05, 4.69) is 5.32 Å². The Hall–Kier alpha value is -1.23. The molecule has 1 atom stereocenters. The van der Waals surface area contributed by atoms with Gasteiger partial charge in [-0.05, 0) is 13.5 Å². The molecule has 88 valence electrons. The zero-order chi connectivity index (χ0) is 11.7. The molecule has 1 aromatic carbocycles. The Kier molecular flexibility index (Phi) is 3.05. The number of benzene rings is 1. The summed E-state index contributed by atoms with van der Waals surface area (Å²) in [6, 6.07) is 1.84. The molecule has 0 aromatic heterocycles. The molecule has 16 heavy (non-hydrogen) atoms. The number of likely N-dealkylation sites (N-methyl/N-ethyl adjacent to an activating group) is 1. The fourth-order valence-electron chi connectivity index (χ4n) is 1.99. The molecular weight excluding hydrogens is 217 g/mol. The van der Waals surface area contributed by atoms with Crippen molar-refractivity contribution in [2.75, 3.05) is 25.0 Å². The largest absolute Gasteiger partial charge is 0.367 e. The van der Waals surface area contributed by atoms with Crippen molar-refractivity contribution in [3.8, 4) is 0 Å². The first-order valence-corrected chi connectivity index (χ1v) is 5.18. The molecule has 0 saturated carbocycles. The SMILES string of the molecule is CNC1CCN(c2cc(F)cc(F)c2F)C1. The number of hydrogen-bond acceptors (Lipinski definition) is 2. The smallest absolute Gasteiger partial charge is 0.182 e. The number of hydrogen-bond donors (Lipinski definition) is 1. The van der Waals surface area contributed by atoms with E-state index >= 15 is 0 Å². The van der Waals surface area contributed by atoms with Gasteiger partial charge < -0.3 is 10.2 Å². The molecule has 1 aromatic rings. The maximum atomic E-state index is 13.5. The topological polar surface area (TPSA) is 15.3 Å². The molecule has 2 rings (SSSR count). The lowest BCUT2D eigenvalue weighted by molar-refractivity contribution is 0.493. The van der Waals surface area contributed by atoms with Crippen molar-refractivity contribution in [1.82, 2.24) is 5.32 Å². The van der Waals surface area contributed by atoms with E-state index in [-0.39, 0.29) is 11.7 Å². The van der Waals surface area contributed by atoms with Crippen LogP contribution in [0.4, 0.5) is 18.9 Å². The molecule has 2 nitrogen and oxygen atoms in total. The molecule has 1 N–H and O–H groups in total. The van der Waals surface area contributed by atoms with Gasteiger partial charge in [-0.3, -0.25) is 0 Å². The van der Waals surface area contributed by atoms with Gasteiger partial charge in [-0.25, -0.2) is 13.2 Å². The third kappa shape index (κ3) is 2.00. The first kappa shape index (κ1) is 11.3. The van der Waals surface area contributed by atoms with Crippen LogP contribution in [0.1, 0.15) is 6.42 Å². The number of rotatable bonds is 2. The Labute approximate surface area is 92.1 Å². The maximum absolute atomic E-state index is 13.5. The lowest BCUT2D eigenvalue weighted by atomic mass is 10.2. The molecule has 5 heteroatoms. The third-order valence-corrected chi connectivity index (χ3v) is 2.91. The lowest BCUT2D eigenvalue weighted by Crippen LogP contribution is -2.30. The molecule has 1 aliphatic heterocycles. The Morgan fingerprint density at radius 3 is 2.69 bits per heavy atom. The Morgan fingerprint density at radius 1 is 1.31 bits per heavy atom. The second kappa shape index (κ2) is 4.33. The summed E-state index contributed by atoms with van der Waals surface area (Å²) in [5, 5.41) is 3.06. The quantitative estimate of drug-likeness (QED) is 0.781. The van der Waals surface area contributed by atoms with Crippen LogP contribution in [0.5, 0.6) is 0 Å². The summed E-state index contributed by atoms with van der Waals surface area (Å²) in [4.78, 5) is 1.66. The Bertz CT molecular complexity index is 395. The zero-order valence-corrected chi connectivity index (χ0v) is 8.93. The van der Waals surface area contributed by atoms with Gasteiger partial charge in [0.1, 0.15) is 5.82 Å². The highest BCUT2D eigenvalue weighted by atomic mass is 19.2. The summed E-state index contributed by atoms with van der Waals surface area (Å²) in [7, 11) is 1.82. The van der Waals surface area contributed by atoms with Gasteiger partial charge in [-0.15, -0.1) is 0 Å². The van der Waals surface area contributed by atoms with Gasteiger partial charge in [0, 0.05) is 31.3 Å². The average molecular weight is 230 g/mol. The molecule has 0 aliphatic carbocycles. The molecule has 0 amide bonds. The summed E-state index contributed by atoms with van der Waals surface area (Å²) < 4.78 is 39.5. The van der Waals surface area contributed by atoms with Gasteiger partial charge in [-0.1, -0.05) is 0 Å². The van der Waals surface area contributed by atoms with Crippen molar-refractivity contribution in [3.05, 3.63) is 29.6 Å². The van der Waals surface area contributed by atoms with Crippen LogP contribution in [0.3, 0.4) is 0 Å². The van der Waals surface area contributed by atoms with Crippen LogP contribution in [0, 0.1) is 17.5 Å². The molecule has 1 heterocycles. The number of anilines is 1. The molecule has 0 spiro atoms. The molecule has 1 aliphatic rings. The molecule has 1 fully saturated rings. The van der Waals surface area contributed by atoms with E-state index in [0.29, 0.717) is 19.2 Å². The van der Waals surface area contributed by atoms with Crippen molar-refractivity contribution >= 4 is 5.69 Å². The highest BCUT2D eigenvalue weighted by Crippen LogP contribution is 2.26. The third-order valence-electron chi connectivity index (χ3n) is 2.91. The highest BCUT2D eigenvalue weighted by molar-refractivity contribution is 5.49. The van der Waals surface area contributed by atoms with Crippen LogP contribution in [0.25, 0.3) is 0 Å². The molecular formula is C11H13F3N2. The minimum atomic E-state index is -1.14. The standard InChI is InChI=1S/C11H13F3N2/c1-15-8-2-3-16(6-8)10-5-7(12)4-9(13)11(10)14/h4-5,8,15H,2-3,6H2,1H3. The minimum Gasteiger partial charge on any atom is -0.367 e. The van der Waals surface area contributed by atoms with Crippen LogP contribution >= 0.6 is 0 Å². The summed E-state index contributed by atoms with van der Waals surface area (Å²) in [5.74, 6) is -2.86. The molecule has 1 unspecified atom stereocenters. The minimum absolute atomic E-state index is 0.00949. The molecule has 1 saturated heterocycles. The van der Waals surface area contributed by atoms with Crippen molar-refractivity contribution < 1.29 is 13.2 Å². The number of nitrogens with zero attached hydrogens (tertiary/aromatic N) is 1. The van der Waals surface area contributed by atoms with Crippen molar-refractivity contribution in [3.63, 3.8) is 0 Å². The summed E-state index contributed by atoms with van der Waals surface area (Å²) >= 11 is 0. The van der Waals surface area contributed by atoms with Crippen molar-refractivity contribution in [2.24, 2.45) is 0 Å². The monoisotopic (exact) mass is 230 g/mol. The van der Waals surface area contributed by atoms with E-state index in [0.717, 1.165) is 12.5 Å². The second-order valence-electron chi connectivity index (χ2n) is 3.94. The fourth-order valence-corrected chi connectivity index (χ4v) is 1.99. The van der Waals surface area contributed by atoms with Crippen LogP contribution in [0.2, 0.25) is 0 Å². The summed E-state index contributed by atoms with van der Waals surface area (Å²) in [5.41, 5.74) is 0.00949. The normalized spacial score (nSPS) is 20.5. The van der Waals surface area contributed by atoms with Crippen LogP contribution in [0.15, 0.2) is 12.1 Å². The van der Waals surface area contributed by atoms with Gasteiger partial charge in [0.2, 0.25) is 0 Å². The van der Waals surface area contributed by atoms with Gasteiger partial charge >= 0.3 is 0 Å². The predicted octanol–water partition coefficient (Wildman–Crippen LogP) is 1.90. The average Bonchev–Trinajstić information content (AvgIpc) is 2.71. The van der Waals surface area contributed by atoms with E-state index in [1.54, 1.807) is 4.90 Å². The van der Waals surface area contributed by atoms with Crippen LogP contribution in [-0.4, -0.2) is 26.2 Å². The van der Waals surface area contributed by atoms with E-state index < -0.39 is 17.5 Å². The number of halogens is 3. The van der Waals surface area contributed by atoms with Gasteiger partial charge in [0.25, 0.3) is 0 Å². The first-order chi connectivity index (χ1) is 7.61. The Balaban J connectivity index is 2.27. The van der Waals surface area contributed by atoms with Gasteiger partial charge in [-0.2, -0.15) is 0 Å². The van der Waals surface area contributed by atoms with Crippen LogP contribution in [-0.2, 0) is 0 Å². The maximum Gasteiger partial charge on any atom is 0.182 e. The van der Waals surface area contributed by atoms with Gasteiger partial charge in [0.15, 0.2) is 11.6 Å². The summed E-state index contributed by atoms with van der Waals surface area (Å²) in [6.45, 7) is 1.17. The van der Waals surface area contributed by atoms with Crippen LogP contribution < -0.4 is 10.2 Å². The summed E-state index contributed by atoms with van der Waals surface area (Å²) in [6.07, 6.45) is 0.841. The number of nitrogens with one attached hydrogen (secondary N) is 1. The van der Waals surface area contributed by atoms with E-state index in [9.17, 15) is 13.2 Å².